The fourth-order valence-corrected chi connectivity index (χ4v) is 11.0. The molecule has 3 amide bonds. The summed E-state index contributed by atoms with van der Waals surface area (Å²) in [6.45, 7) is 9.19. The Morgan fingerprint density at radius 3 is 2.42 bits per heavy atom. The second-order valence-corrected chi connectivity index (χ2v) is 17.8. The molecular weight excluding hydrogens is 767 g/mol. The van der Waals surface area contributed by atoms with Gasteiger partial charge in [0.2, 0.25) is 11.7 Å². The van der Waals surface area contributed by atoms with E-state index in [4.69, 9.17) is 34.8 Å². The average molecular weight is 817 g/mol. The number of aliphatic imine (C=N–C) groups is 1. The van der Waals surface area contributed by atoms with E-state index in [-0.39, 0.29) is 29.8 Å². The summed E-state index contributed by atoms with van der Waals surface area (Å²) in [6.07, 6.45) is 3.95. The van der Waals surface area contributed by atoms with Gasteiger partial charge in [-0.25, -0.2) is 24.5 Å². The number of nitrogens with zero attached hydrogens (tertiary/aromatic N) is 7. The fourth-order valence-electron chi connectivity index (χ4n) is 8.74. The van der Waals surface area contributed by atoms with Gasteiger partial charge in [-0.2, -0.15) is 4.99 Å². The van der Waals surface area contributed by atoms with Crippen LogP contribution in [0.5, 0.6) is 0 Å². The molecule has 0 bridgehead atoms. The zero-order chi connectivity index (χ0) is 40.3. The molecule has 4 aromatic rings. The molecule has 302 valence electrons. The van der Waals surface area contributed by atoms with Gasteiger partial charge in [0.1, 0.15) is 39.8 Å². The number of nitrogens with two attached hydrogens (primary N) is 1. The van der Waals surface area contributed by atoms with Crippen LogP contribution in [-0.4, -0.2) is 117 Å². The molecule has 16 nitrogen and oxygen atoms in total. The highest BCUT2D eigenvalue weighted by Crippen LogP contribution is 2.42. The molecule has 1 aromatic carbocycles. The summed E-state index contributed by atoms with van der Waals surface area (Å²) in [5, 5.41) is 15.8. The van der Waals surface area contributed by atoms with Crippen molar-refractivity contribution in [3.63, 3.8) is 0 Å². The number of hydrogen-bond donors (Lipinski definition) is 4. The Hall–Kier alpha value is -4.94. The van der Waals surface area contributed by atoms with Crippen LogP contribution in [0.2, 0.25) is 0 Å². The maximum absolute atomic E-state index is 14.0. The van der Waals surface area contributed by atoms with Crippen molar-refractivity contribution in [2.75, 3.05) is 34.4 Å². The Bertz CT molecular complexity index is 2330. The number of fused-ring (bicyclic) bond motifs is 5. The number of amides is 3. The predicted octanol–water partition coefficient (Wildman–Crippen LogP) is 5.09. The SMILES string of the molecule is COC(=O)NC(C(=N)N1CCCC1C1=NC2=C([NH2+]1)c1sc(-c3nc4ccc5[nH]c(C6CCCN6C(=O)C(C(C)C)N(C)C(=O)OC)nc5c4s3)nc1CC2)C(C)C. The first-order valence-electron chi connectivity index (χ1n) is 19.6. The van der Waals surface area contributed by atoms with Crippen LogP contribution in [0.1, 0.15) is 82.2 Å². The van der Waals surface area contributed by atoms with Gasteiger partial charge < -0.3 is 29.6 Å². The monoisotopic (exact) mass is 816 g/mol. The molecule has 4 atom stereocenters. The number of allylic oxidation sites excluding steroid dienone is 1. The Morgan fingerprint density at radius 1 is 0.965 bits per heavy atom. The van der Waals surface area contributed by atoms with Crippen LogP contribution in [0, 0.1) is 17.2 Å². The first-order chi connectivity index (χ1) is 27.4. The molecule has 0 spiro atoms. The van der Waals surface area contributed by atoms with E-state index in [0.717, 1.165) is 110 Å². The minimum absolute atomic E-state index is 0.0180. The lowest BCUT2D eigenvalue weighted by atomic mass is 10.0. The van der Waals surface area contributed by atoms with Gasteiger partial charge in [0.15, 0.2) is 15.7 Å². The highest BCUT2D eigenvalue weighted by Gasteiger charge is 2.43. The van der Waals surface area contributed by atoms with Crippen LogP contribution in [0.4, 0.5) is 9.59 Å². The predicted molar refractivity (Wildman–Crippen MR) is 219 cm³/mol. The first-order valence-corrected chi connectivity index (χ1v) is 21.3. The number of H-pyrrole nitrogens is 1. The molecule has 1 aliphatic carbocycles. The van der Waals surface area contributed by atoms with E-state index in [2.05, 4.69) is 20.5 Å². The second kappa shape index (κ2) is 15.4. The fraction of sp³-hybridized carbons (Fsp3) is 0.538. The van der Waals surface area contributed by atoms with Crippen molar-refractivity contribution < 1.29 is 29.2 Å². The largest absolute Gasteiger partial charge is 0.453 e. The number of rotatable bonds is 9. The van der Waals surface area contributed by atoms with Crippen LogP contribution in [0.15, 0.2) is 22.8 Å². The second-order valence-electron chi connectivity index (χ2n) is 15.8. The zero-order valence-electron chi connectivity index (χ0n) is 33.3. The third-order valence-electron chi connectivity index (χ3n) is 11.6. The normalized spacial score (nSPS) is 20.3. The van der Waals surface area contributed by atoms with E-state index >= 15 is 0 Å². The van der Waals surface area contributed by atoms with E-state index in [1.807, 2.05) is 44.7 Å². The number of aromatic nitrogens is 4. The lowest BCUT2D eigenvalue weighted by molar-refractivity contribution is -0.435. The van der Waals surface area contributed by atoms with Gasteiger partial charge >= 0.3 is 12.2 Å². The van der Waals surface area contributed by atoms with Gasteiger partial charge in [0.05, 0.1) is 47.7 Å². The molecule has 3 aliphatic heterocycles. The molecule has 0 saturated carbocycles. The van der Waals surface area contributed by atoms with Gasteiger partial charge in [-0.05, 0) is 56.1 Å². The maximum Gasteiger partial charge on any atom is 0.409 e. The van der Waals surface area contributed by atoms with Crippen molar-refractivity contribution in [2.24, 2.45) is 16.8 Å². The maximum atomic E-state index is 14.0. The quantitative estimate of drug-likeness (QED) is 0.131. The molecule has 2 saturated heterocycles. The van der Waals surface area contributed by atoms with Gasteiger partial charge in [0, 0.05) is 26.6 Å². The molecule has 8 rings (SSSR count). The minimum atomic E-state index is -0.652. The Kier molecular flexibility index (Phi) is 10.5. The van der Waals surface area contributed by atoms with Gasteiger partial charge in [0.25, 0.3) is 0 Å². The van der Waals surface area contributed by atoms with Crippen LogP contribution in [0.3, 0.4) is 0 Å². The highest BCUT2D eigenvalue weighted by atomic mass is 32.1. The van der Waals surface area contributed by atoms with E-state index in [1.54, 1.807) is 29.7 Å². The molecule has 6 heterocycles. The zero-order valence-corrected chi connectivity index (χ0v) is 35.0. The lowest BCUT2D eigenvalue weighted by Gasteiger charge is -2.34. The molecule has 4 aliphatic rings. The third-order valence-corrected chi connectivity index (χ3v) is 13.9. The molecule has 18 heteroatoms. The molecule has 57 heavy (non-hydrogen) atoms. The van der Waals surface area contributed by atoms with E-state index in [9.17, 15) is 14.4 Å². The van der Waals surface area contributed by atoms with Crippen molar-refractivity contribution in [3.05, 3.63) is 34.2 Å². The molecule has 0 radical (unpaired) electrons. The Morgan fingerprint density at radius 2 is 1.70 bits per heavy atom. The summed E-state index contributed by atoms with van der Waals surface area (Å²) in [7, 11) is 4.28. The number of aryl methyl sites for hydroxylation is 1. The summed E-state index contributed by atoms with van der Waals surface area (Å²) in [5.74, 6) is 1.87. The molecule has 4 unspecified atom stereocenters. The number of methoxy groups -OCH3 is 2. The molecule has 3 aromatic heterocycles. The van der Waals surface area contributed by atoms with Gasteiger partial charge in [-0.15, -0.1) is 22.7 Å². The van der Waals surface area contributed by atoms with E-state index in [0.29, 0.717) is 12.4 Å². The van der Waals surface area contributed by atoms with Crippen LogP contribution in [-0.2, 0) is 20.7 Å². The van der Waals surface area contributed by atoms with Crippen LogP contribution in [0.25, 0.3) is 37.0 Å². The summed E-state index contributed by atoms with van der Waals surface area (Å²) in [6, 6.07) is 2.60. The number of likely N-dealkylation sites (N-methyl/N-ethyl adjacent to an activating group) is 1. The van der Waals surface area contributed by atoms with Crippen molar-refractivity contribution in [3.8, 4) is 10.0 Å². The number of hydrogen-bond acceptors (Lipinski definition) is 12. The first kappa shape index (κ1) is 38.9. The summed E-state index contributed by atoms with van der Waals surface area (Å²) in [5.41, 5.74) is 5.76. The van der Waals surface area contributed by atoms with Crippen LogP contribution < -0.4 is 10.6 Å². The summed E-state index contributed by atoms with van der Waals surface area (Å²) >= 11 is 3.22. The van der Waals surface area contributed by atoms with Crippen molar-refractivity contribution in [1.29, 1.82) is 5.41 Å². The van der Waals surface area contributed by atoms with Gasteiger partial charge in [-0.3, -0.25) is 20.4 Å². The average Bonchev–Trinajstić information content (AvgIpc) is 4.04. The number of benzene rings is 1. The molecular formula is C39H50N11O5S2+. The van der Waals surface area contributed by atoms with E-state index in [1.165, 1.54) is 19.1 Å². The number of imidazole rings is 1. The van der Waals surface area contributed by atoms with Crippen molar-refractivity contribution in [2.45, 2.75) is 90.4 Å². The number of amidine groups is 2. The number of carbonyl (C=O) groups is 3. The number of aromatic amines is 1. The number of thiazole rings is 2. The number of quaternary nitrogens is 1. The van der Waals surface area contributed by atoms with E-state index < -0.39 is 24.3 Å². The molecule has 2 fully saturated rings. The van der Waals surface area contributed by atoms with Crippen molar-refractivity contribution in [1.82, 2.24) is 40.0 Å². The topological polar surface area (TPSA) is 199 Å². The number of ether oxygens (including phenoxy) is 2. The Labute approximate surface area is 338 Å². The smallest absolute Gasteiger partial charge is 0.409 e. The summed E-state index contributed by atoms with van der Waals surface area (Å²) < 4.78 is 10.8. The number of alkyl carbamates (subject to hydrolysis) is 1. The third kappa shape index (κ3) is 6.94. The standard InChI is InChI=1S/C39H49N11O5S2/c1-18(2)26(47-38(52)54-6)32(40)49-16-8-10-24(49)33-41-20-12-14-22-30(27(20)45-33)56-35(43-22)36-44-23-15-13-21-28(31(23)57-36)46-34(42-21)25-11-9-17-50(25)37(51)29(19(3)4)48(5)39(53)55-7/h13,15,18-19,24-26,29,40H,8-12,14,16-17H2,1-7H3,(H,41,45)(H,42,46)(H,47,52)/p+1. The lowest BCUT2D eigenvalue weighted by Crippen LogP contribution is -2.87. The molecule has 5 N–H and O–H groups in total. The van der Waals surface area contributed by atoms with Crippen molar-refractivity contribution >= 4 is 79.4 Å². The van der Waals surface area contributed by atoms with Gasteiger partial charge in [-0.1, -0.05) is 27.7 Å². The minimum Gasteiger partial charge on any atom is -0.453 e. The highest BCUT2D eigenvalue weighted by molar-refractivity contribution is 7.26. The summed E-state index contributed by atoms with van der Waals surface area (Å²) in [4.78, 5) is 68.9. The number of nitrogens with one attached hydrogen (secondary N) is 3. The van der Waals surface area contributed by atoms with Crippen LogP contribution >= 0.6 is 22.7 Å². The Balaban J connectivity index is 1.02. The number of likely N-dealkylation sites (tertiary alicyclic amines) is 2. The number of carbonyl (C=O) groups excluding carboxylic acids is 3.